The summed E-state index contributed by atoms with van der Waals surface area (Å²) < 4.78 is 17.5. The van der Waals surface area contributed by atoms with Crippen molar-refractivity contribution in [3.8, 4) is 11.5 Å². The molecule has 0 saturated carbocycles. The molecule has 0 N–H and O–H groups in total. The fourth-order valence-electron chi connectivity index (χ4n) is 2.87. The summed E-state index contributed by atoms with van der Waals surface area (Å²) in [5, 5.41) is 0.797. The van der Waals surface area contributed by atoms with E-state index in [0.717, 1.165) is 10.9 Å². The van der Waals surface area contributed by atoms with Crippen LogP contribution in [0.15, 0.2) is 48.7 Å². The van der Waals surface area contributed by atoms with Gasteiger partial charge in [0.1, 0.15) is 0 Å². The molecule has 2 heterocycles. The van der Waals surface area contributed by atoms with Crippen LogP contribution in [-0.2, 0) is 11.8 Å². The summed E-state index contributed by atoms with van der Waals surface area (Å²) in [6.07, 6.45) is 1.71. The molecule has 0 bridgehead atoms. The Labute approximate surface area is 143 Å². The highest BCUT2D eigenvalue weighted by molar-refractivity contribution is 6.06. The summed E-state index contributed by atoms with van der Waals surface area (Å²) in [7, 11) is 1.86. The fourth-order valence-corrected chi connectivity index (χ4v) is 2.87. The Morgan fingerprint density at radius 3 is 2.80 bits per heavy atom. The summed E-state index contributed by atoms with van der Waals surface area (Å²) in [5.41, 5.74) is 1.78. The number of carbonyl (C=O) groups excluding carboxylic acids is 2. The number of aromatic nitrogens is 1. The first-order valence-corrected chi connectivity index (χ1v) is 7.77. The number of benzene rings is 2. The van der Waals surface area contributed by atoms with Crippen molar-refractivity contribution in [2.75, 3.05) is 13.4 Å². The smallest absolute Gasteiger partial charge is 0.340 e. The number of Topliss-reactive ketones (excluding diaryl/α,β-unsaturated/α-hetero) is 1. The predicted molar refractivity (Wildman–Crippen MR) is 90.1 cm³/mol. The molecule has 1 aromatic heterocycles. The molecular weight excluding hydrogens is 322 g/mol. The lowest BCUT2D eigenvalue weighted by atomic mass is 10.1. The molecule has 6 heteroatoms. The van der Waals surface area contributed by atoms with Crippen molar-refractivity contribution in [3.63, 3.8) is 0 Å². The lowest BCUT2D eigenvalue weighted by Crippen LogP contribution is -2.14. The van der Waals surface area contributed by atoms with E-state index in [4.69, 9.17) is 14.2 Å². The summed E-state index contributed by atoms with van der Waals surface area (Å²) >= 11 is 0. The van der Waals surface area contributed by atoms with Crippen molar-refractivity contribution in [1.29, 1.82) is 0 Å². The Balaban J connectivity index is 1.49. The molecule has 0 saturated heterocycles. The van der Waals surface area contributed by atoms with E-state index in [1.807, 2.05) is 35.9 Å². The number of aryl methyl sites for hydroxylation is 1. The zero-order chi connectivity index (χ0) is 17.4. The number of hydrogen-bond donors (Lipinski definition) is 0. The van der Waals surface area contributed by atoms with Gasteiger partial charge in [-0.15, -0.1) is 0 Å². The third kappa shape index (κ3) is 2.71. The van der Waals surface area contributed by atoms with E-state index >= 15 is 0 Å². The number of nitrogens with zero attached hydrogens (tertiary/aromatic N) is 1. The maximum Gasteiger partial charge on any atom is 0.340 e. The molecule has 4 rings (SSSR count). The van der Waals surface area contributed by atoms with E-state index in [2.05, 4.69) is 0 Å². The second kappa shape index (κ2) is 5.98. The second-order valence-electron chi connectivity index (χ2n) is 5.74. The van der Waals surface area contributed by atoms with Crippen molar-refractivity contribution in [2.24, 2.45) is 7.05 Å². The minimum absolute atomic E-state index is 0.142. The highest BCUT2D eigenvalue weighted by atomic mass is 16.7. The van der Waals surface area contributed by atoms with Gasteiger partial charge in [-0.05, 0) is 24.3 Å². The quantitative estimate of drug-likeness (QED) is 0.541. The Hall–Kier alpha value is -3.28. The van der Waals surface area contributed by atoms with E-state index in [1.165, 1.54) is 0 Å². The third-order valence-corrected chi connectivity index (χ3v) is 4.15. The van der Waals surface area contributed by atoms with Crippen LogP contribution in [0.3, 0.4) is 0 Å². The Bertz CT molecular complexity index is 989. The van der Waals surface area contributed by atoms with Crippen molar-refractivity contribution < 1.29 is 23.8 Å². The van der Waals surface area contributed by atoms with Gasteiger partial charge in [-0.1, -0.05) is 18.2 Å². The SMILES string of the molecule is Cn1cc(C(=O)OCC(=O)c2ccc3c(c2)OCO3)c2ccccc21. The molecular formula is C19H15NO5. The minimum atomic E-state index is -0.522. The first-order chi connectivity index (χ1) is 12.1. The van der Waals surface area contributed by atoms with Crippen molar-refractivity contribution in [1.82, 2.24) is 4.57 Å². The molecule has 25 heavy (non-hydrogen) atoms. The molecule has 0 aliphatic carbocycles. The molecule has 0 fully saturated rings. The van der Waals surface area contributed by atoms with E-state index < -0.39 is 5.97 Å². The molecule has 0 atom stereocenters. The van der Waals surface area contributed by atoms with Gasteiger partial charge in [-0.25, -0.2) is 4.79 Å². The largest absolute Gasteiger partial charge is 0.454 e. The van der Waals surface area contributed by atoms with Gasteiger partial charge in [-0.2, -0.15) is 0 Å². The van der Waals surface area contributed by atoms with Gasteiger partial charge >= 0.3 is 5.97 Å². The molecule has 3 aromatic rings. The van der Waals surface area contributed by atoms with Crippen molar-refractivity contribution in [2.45, 2.75) is 0 Å². The minimum Gasteiger partial charge on any atom is -0.454 e. The van der Waals surface area contributed by atoms with Gasteiger partial charge in [0.25, 0.3) is 0 Å². The monoisotopic (exact) mass is 337 g/mol. The fraction of sp³-hybridized carbons (Fsp3) is 0.158. The lowest BCUT2D eigenvalue weighted by molar-refractivity contribution is 0.0476. The molecule has 0 unspecified atom stereocenters. The van der Waals surface area contributed by atoms with Gasteiger partial charge in [0, 0.05) is 29.7 Å². The van der Waals surface area contributed by atoms with E-state index in [9.17, 15) is 9.59 Å². The molecule has 0 radical (unpaired) electrons. The molecule has 1 aliphatic rings. The molecule has 126 valence electrons. The van der Waals surface area contributed by atoms with Gasteiger partial charge < -0.3 is 18.8 Å². The number of ether oxygens (including phenoxy) is 3. The van der Waals surface area contributed by atoms with E-state index in [-0.39, 0.29) is 19.2 Å². The van der Waals surface area contributed by atoms with Gasteiger partial charge in [0.15, 0.2) is 23.9 Å². The summed E-state index contributed by atoms with van der Waals surface area (Å²) in [5.74, 6) is 0.299. The van der Waals surface area contributed by atoms with Crippen LogP contribution < -0.4 is 9.47 Å². The first-order valence-electron chi connectivity index (χ1n) is 7.77. The van der Waals surface area contributed by atoms with Crippen LogP contribution in [0.5, 0.6) is 11.5 Å². The summed E-state index contributed by atoms with van der Waals surface area (Å²) in [6, 6.07) is 12.4. The summed E-state index contributed by atoms with van der Waals surface area (Å²) in [4.78, 5) is 24.6. The van der Waals surface area contributed by atoms with Crippen molar-refractivity contribution >= 4 is 22.7 Å². The van der Waals surface area contributed by atoms with Crippen LogP contribution in [0.2, 0.25) is 0 Å². The molecule has 2 aromatic carbocycles. The van der Waals surface area contributed by atoms with E-state index in [0.29, 0.717) is 22.6 Å². The highest BCUT2D eigenvalue weighted by Crippen LogP contribution is 2.32. The maximum atomic E-state index is 12.4. The number of para-hydroxylation sites is 1. The average molecular weight is 337 g/mol. The van der Waals surface area contributed by atoms with Crippen LogP contribution >= 0.6 is 0 Å². The zero-order valence-corrected chi connectivity index (χ0v) is 13.5. The van der Waals surface area contributed by atoms with Gasteiger partial charge in [0.05, 0.1) is 5.56 Å². The van der Waals surface area contributed by atoms with Crippen molar-refractivity contribution in [3.05, 3.63) is 59.8 Å². The van der Waals surface area contributed by atoms with Gasteiger partial charge in [0.2, 0.25) is 6.79 Å². The normalized spacial score (nSPS) is 12.4. The molecule has 1 aliphatic heterocycles. The number of esters is 1. The third-order valence-electron chi connectivity index (χ3n) is 4.15. The number of hydrogen-bond acceptors (Lipinski definition) is 5. The van der Waals surface area contributed by atoms with Crippen LogP contribution in [0.4, 0.5) is 0 Å². The summed E-state index contributed by atoms with van der Waals surface area (Å²) in [6.45, 7) is -0.190. The number of ketones is 1. The number of carbonyl (C=O) groups is 2. The predicted octanol–water partition coefficient (Wildman–Crippen LogP) is 2.95. The second-order valence-corrected chi connectivity index (χ2v) is 5.74. The van der Waals surface area contributed by atoms with Crippen LogP contribution in [-0.4, -0.2) is 29.7 Å². The average Bonchev–Trinajstić information content (AvgIpc) is 3.23. The highest BCUT2D eigenvalue weighted by Gasteiger charge is 2.19. The maximum absolute atomic E-state index is 12.4. The Morgan fingerprint density at radius 2 is 1.92 bits per heavy atom. The molecule has 0 amide bonds. The lowest BCUT2D eigenvalue weighted by Gasteiger charge is -2.05. The zero-order valence-electron chi connectivity index (χ0n) is 13.5. The van der Waals surface area contributed by atoms with Crippen LogP contribution in [0, 0.1) is 0 Å². The van der Waals surface area contributed by atoms with Crippen LogP contribution in [0.1, 0.15) is 20.7 Å². The number of fused-ring (bicyclic) bond motifs is 2. The Kier molecular flexibility index (Phi) is 3.65. The Morgan fingerprint density at radius 1 is 1.12 bits per heavy atom. The number of rotatable bonds is 4. The molecule has 0 spiro atoms. The standard InChI is InChI=1S/C19H15NO5/c1-20-9-14(13-4-2-3-5-15(13)20)19(22)23-10-16(21)12-6-7-17-18(8-12)25-11-24-17/h2-9H,10-11H2,1H3. The van der Waals surface area contributed by atoms with Crippen LogP contribution in [0.25, 0.3) is 10.9 Å². The first kappa shape index (κ1) is 15.3. The van der Waals surface area contributed by atoms with E-state index in [1.54, 1.807) is 24.4 Å². The van der Waals surface area contributed by atoms with Gasteiger partial charge in [-0.3, -0.25) is 4.79 Å². The molecule has 6 nitrogen and oxygen atoms in total. The topological polar surface area (TPSA) is 66.8 Å².